The molecule has 3 aromatic rings. The molecule has 6 heteroatoms. The number of rotatable bonds is 10. The van der Waals surface area contributed by atoms with Crippen molar-refractivity contribution in [1.29, 1.82) is 0 Å². The van der Waals surface area contributed by atoms with Gasteiger partial charge in [0.15, 0.2) is 0 Å². The zero-order chi connectivity index (χ0) is 23.0. The molecule has 4 rings (SSSR count). The number of para-hydroxylation sites is 1. The molecule has 33 heavy (non-hydrogen) atoms. The first-order valence-electron chi connectivity index (χ1n) is 12.0. The third-order valence-electron chi connectivity index (χ3n) is 6.67. The third kappa shape index (κ3) is 6.24. The highest BCUT2D eigenvalue weighted by molar-refractivity contribution is 6.30. The molecule has 1 aliphatic rings. The van der Waals surface area contributed by atoms with Gasteiger partial charge in [0.2, 0.25) is 0 Å². The highest BCUT2D eigenvalue weighted by Gasteiger charge is 2.24. The van der Waals surface area contributed by atoms with Crippen LogP contribution in [0.2, 0.25) is 5.02 Å². The lowest BCUT2D eigenvalue weighted by atomic mass is 9.93. The van der Waals surface area contributed by atoms with E-state index in [1.807, 2.05) is 18.2 Å². The van der Waals surface area contributed by atoms with Crippen molar-refractivity contribution in [2.75, 3.05) is 53.0 Å². The standard InChI is InChI=1S/C27H35ClN4O/c1-3-30(19-20-33-2)17-18-31-15-13-22(14-16-31)26-21-27(23-9-11-24(28)12-10-23)32(29-26)25-7-5-4-6-8-25/h4-12,21-22H,3,13-20H2,1-2H3. The molecule has 0 amide bonds. The maximum atomic E-state index is 6.14. The molecule has 0 saturated carbocycles. The number of ether oxygens (including phenoxy) is 1. The Labute approximate surface area is 202 Å². The molecule has 2 aromatic carbocycles. The first-order valence-corrected chi connectivity index (χ1v) is 12.4. The molecule has 0 spiro atoms. The lowest BCUT2D eigenvalue weighted by molar-refractivity contribution is 0.132. The molecule has 1 fully saturated rings. The fourth-order valence-corrected chi connectivity index (χ4v) is 4.70. The molecule has 0 N–H and O–H groups in total. The summed E-state index contributed by atoms with van der Waals surface area (Å²) in [6, 6.07) is 20.7. The summed E-state index contributed by atoms with van der Waals surface area (Å²) in [5.41, 5.74) is 4.53. The van der Waals surface area contributed by atoms with Crippen molar-refractivity contribution in [2.45, 2.75) is 25.7 Å². The monoisotopic (exact) mass is 466 g/mol. The molecule has 2 heterocycles. The summed E-state index contributed by atoms with van der Waals surface area (Å²) in [5, 5.41) is 5.84. The van der Waals surface area contributed by atoms with Gasteiger partial charge in [-0.1, -0.05) is 48.9 Å². The number of likely N-dealkylation sites (tertiary alicyclic amines) is 1. The Morgan fingerprint density at radius 1 is 1.03 bits per heavy atom. The van der Waals surface area contributed by atoms with Crippen LogP contribution in [0.25, 0.3) is 16.9 Å². The molecule has 1 saturated heterocycles. The summed E-state index contributed by atoms with van der Waals surface area (Å²) in [4.78, 5) is 5.07. The van der Waals surface area contributed by atoms with Crippen molar-refractivity contribution >= 4 is 11.6 Å². The van der Waals surface area contributed by atoms with Gasteiger partial charge in [0.1, 0.15) is 0 Å². The van der Waals surface area contributed by atoms with Gasteiger partial charge < -0.3 is 14.5 Å². The van der Waals surface area contributed by atoms with Crippen molar-refractivity contribution in [3.05, 3.63) is 71.4 Å². The highest BCUT2D eigenvalue weighted by Crippen LogP contribution is 2.32. The molecule has 176 valence electrons. The number of halogens is 1. The van der Waals surface area contributed by atoms with Gasteiger partial charge in [-0.15, -0.1) is 0 Å². The van der Waals surface area contributed by atoms with Crippen molar-refractivity contribution in [3.8, 4) is 16.9 Å². The molecule has 0 bridgehead atoms. The van der Waals surface area contributed by atoms with E-state index in [1.54, 1.807) is 7.11 Å². The first-order chi connectivity index (χ1) is 16.2. The molecule has 0 unspecified atom stereocenters. The minimum atomic E-state index is 0.494. The van der Waals surface area contributed by atoms with E-state index in [4.69, 9.17) is 21.4 Å². The quantitative estimate of drug-likeness (QED) is 0.404. The average molecular weight is 467 g/mol. The van der Waals surface area contributed by atoms with Gasteiger partial charge in [-0.05, 0) is 62.8 Å². The van der Waals surface area contributed by atoms with Crippen LogP contribution in [-0.4, -0.2) is 72.6 Å². The Hall–Kier alpha value is -2.18. The van der Waals surface area contributed by atoms with Gasteiger partial charge in [-0.25, -0.2) is 4.68 Å². The van der Waals surface area contributed by atoms with Gasteiger partial charge in [0.25, 0.3) is 0 Å². The van der Waals surface area contributed by atoms with Crippen LogP contribution in [0.4, 0.5) is 0 Å². The molecule has 0 radical (unpaired) electrons. The second kappa shape index (κ2) is 11.8. The van der Waals surface area contributed by atoms with E-state index in [2.05, 4.69) is 63.9 Å². The van der Waals surface area contributed by atoms with Crippen LogP contribution in [0.1, 0.15) is 31.4 Å². The van der Waals surface area contributed by atoms with Crippen LogP contribution in [0.15, 0.2) is 60.7 Å². The number of methoxy groups -OCH3 is 1. The van der Waals surface area contributed by atoms with E-state index >= 15 is 0 Å². The molecular weight excluding hydrogens is 432 g/mol. The Morgan fingerprint density at radius 3 is 2.42 bits per heavy atom. The summed E-state index contributed by atoms with van der Waals surface area (Å²) in [6.45, 7) is 9.59. The average Bonchev–Trinajstić information content (AvgIpc) is 3.31. The largest absolute Gasteiger partial charge is 0.383 e. The predicted octanol–water partition coefficient (Wildman–Crippen LogP) is 5.34. The second-order valence-electron chi connectivity index (χ2n) is 8.75. The molecular formula is C27H35ClN4O. The van der Waals surface area contributed by atoms with E-state index < -0.39 is 0 Å². The summed E-state index contributed by atoms with van der Waals surface area (Å²) in [6.07, 6.45) is 2.30. The van der Waals surface area contributed by atoms with Gasteiger partial charge in [-0.3, -0.25) is 0 Å². The SMILES string of the molecule is CCN(CCOC)CCN1CCC(c2cc(-c3ccc(Cl)cc3)n(-c3ccccc3)n2)CC1. The van der Waals surface area contributed by atoms with E-state index in [-0.39, 0.29) is 0 Å². The fourth-order valence-electron chi connectivity index (χ4n) is 4.57. The Bertz CT molecular complexity index is 981. The van der Waals surface area contributed by atoms with Crippen molar-refractivity contribution in [2.24, 2.45) is 0 Å². The summed E-state index contributed by atoms with van der Waals surface area (Å²) in [7, 11) is 1.77. The fraction of sp³-hybridized carbons (Fsp3) is 0.444. The summed E-state index contributed by atoms with van der Waals surface area (Å²) >= 11 is 6.14. The van der Waals surface area contributed by atoms with Gasteiger partial charge >= 0.3 is 0 Å². The number of likely N-dealkylation sites (N-methyl/N-ethyl adjacent to an activating group) is 1. The van der Waals surface area contributed by atoms with Crippen LogP contribution < -0.4 is 0 Å². The molecule has 1 aliphatic heterocycles. The number of hydrogen-bond donors (Lipinski definition) is 0. The minimum absolute atomic E-state index is 0.494. The number of benzene rings is 2. The second-order valence-corrected chi connectivity index (χ2v) is 9.19. The molecule has 5 nitrogen and oxygen atoms in total. The Morgan fingerprint density at radius 2 is 1.76 bits per heavy atom. The van der Waals surface area contributed by atoms with Gasteiger partial charge in [0, 0.05) is 43.2 Å². The van der Waals surface area contributed by atoms with Crippen LogP contribution in [0.3, 0.4) is 0 Å². The van der Waals surface area contributed by atoms with Crippen LogP contribution in [0, 0.1) is 0 Å². The van der Waals surface area contributed by atoms with E-state index in [0.29, 0.717) is 5.92 Å². The maximum Gasteiger partial charge on any atom is 0.0743 e. The van der Waals surface area contributed by atoms with E-state index in [0.717, 1.165) is 80.7 Å². The highest BCUT2D eigenvalue weighted by atomic mass is 35.5. The Kier molecular flexibility index (Phi) is 8.57. The van der Waals surface area contributed by atoms with Crippen LogP contribution in [-0.2, 0) is 4.74 Å². The predicted molar refractivity (Wildman–Crippen MR) is 136 cm³/mol. The lowest BCUT2D eigenvalue weighted by Gasteiger charge is -2.32. The Balaban J connectivity index is 1.45. The normalized spacial score (nSPS) is 15.4. The molecule has 0 atom stereocenters. The van der Waals surface area contributed by atoms with Crippen LogP contribution >= 0.6 is 11.6 Å². The molecule has 0 aliphatic carbocycles. The zero-order valence-corrected chi connectivity index (χ0v) is 20.5. The van der Waals surface area contributed by atoms with E-state index in [1.165, 1.54) is 5.69 Å². The summed E-state index contributed by atoms with van der Waals surface area (Å²) < 4.78 is 7.32. The first kappa shape index (κ1) is 24.0. The third-order valence-corrected chi connectivity index (χ3v) is 6.92. The lowest BCUT2D eigenvalue weighted by Crippen LogP contribution is -2.40. The number of hydrogen-bond acceptors (Lipinski definition) is 4. The van der Waals surface area contributed by atoms with Crippen molar-refractivity contribution in [3.63, 3.8) is 0 Å². The van der Waals surface area contributed by atoms with Crippen molar-refractivity contribution < 1.29 is 4.74 Å². The van der Waals surface area contributed by atoms with Gasteiger partial charge in [-0.2, -0.15) is 5.10 Å². The summed E-state index contributed by atoms with van der Waals surface area (Å²) in [5.74, 6) is 0.494. The molecule has 1 aromatic heterocycles. The zero-order valence-electron chi connectivity index (χ0n) is 19.8. The number of piperidine rings is 1. The number of aromatic nitrogens is 2. The van der Waals surface area contributed by atoms with E-state index in [9.17, 15) is 0 Å². The topological polar surface area (TPSA) is 33.5 Å². The minimum Gasteiger partial charge on any atom is -0.383 e. The van der Waals surface area contributed by atoms with Crippen LogP contribution in [0.5, 0.6) is 0 Å². The number of nitrogens with zero attached hydrogens (tertiary/aromatic N) is 4. The van der Waals surface area contributed by atoms with Crippen molar-refractivity contribution in [1.82, 2.24) is 19.6 Å². The smallest absolute Gasteiger partial charge is 0.0743 e. The maximum absolute atomic E-state index is 6.14. The van der Waals surface area contributed by atoms with Gasteiger partial charge in [0.05, 0.1) is 23.7 Å².